The van der Waals surface area contributed by atoms with E-state index >= 15 is 0 Å². The summed E-state index contributed by atoms with van der Waals surface area (Å²) in [6.45, 7) is 1.43. The molecule has 1 fully saturated rings. The van der Waals surface area contributed by atoms with E-state index in [0.29, 0.717) is 18.4 Å². The second kappa shape index (κ2) is 7.87. The van der Waals surface area contributed by atoms with Crippen molar-refractivity contribution in [2.75, 3.05) is 42.7 Å². The van der Waals surface area contributed by atoms with Crippen LogP contribution in [0.3, 0.4) is 0 Å². The van der Waals surface area contributed by atoms with Gasteiger partial charge in [-0.05, 0) is 31.4 Å². The van der Waals surface area contributed by atoms with Crippen LogP contribution in [0, 0.1) is 0 Å². The third-order valence-electron chi connectivity index (χ3n) is 4.26. The van der Waals surface area contributed by atoms with Crippen LogP contribution in [-0.2, 0) is 0 Å². The molecule has 2 aromatic rings. The highest BCUT2D eigenvalue weighted by molar-refractivity contribution is 5.88. The lowest BCUT2D eigenvalue weighted by Gasteiger charge is -2.21. The summed E-state index contributed by atoms with van der Waals surface area (Å²) >= 11 is 0. The Morgan fingerprint density at radius 1 is 1.28 bits per heavy atom. The van der Waals surface area contributed by atoms with E-state index in [1.807, 2.05) is 42.2 Å². The van der Waals surface area contributed by atoms with Crippen molar-refractivity contribution >= 4 is 23.4 Å². The predicted molar refractivity (Wildman–Crippen MR) is 96.9 cm³/mol. The number of aromatic nitrogens is 2. The number of rotatable bonds is 4. The van der Waals surface area contributed by atoms with Crippen LogP contribution < -0.4 is 15.5 Å². The Bertz CT molecular complexity index is 671. The number of nitrogens with one attached hydrogen (secondary N) is 2. The predicted octanol–water partition coefficient (Wildman–Crippen LogP) is 2.63. The third-order valence-corrected chi connectivity index (χ3v) is 4.26. The van der Waals surface area contributed by atoms with E-state index in [4.69, 9.17) is 4.52 Å². The number of likely N-dealkylation sites (tertiary alicyclic amines) is 1. The maximum Gasteiger partial charge on any atom is 0.323 e. The topological polar surface area (TPSA) is 86.5 Å². The van der Waals surface area contributed by atoms with E-state index in [2.05, 4.69) is 20.8 Å². The molecule has 3 rings (SSSR count). The first-order chi connectivity index (χ1) is 12.1. The molecule has 1 unspecified atom stereocenters. The zero-order valence-corrected chi connectivity index (χ0v) is 14.6. The number of carbonyl (C=O) groups is 1. The van der Waals surface area contributed by atoms with Crippen LogP contribution >= 0.6 is 0 Å². The van der Waals surface area contributed by atoms with Gasteiger partial charge >= 0.3 is 6.03 Å². The second-order valence-electron chi connectivity index (χ2n) is 6.37. The highest BCUT2D eigenvalue weighted by atomic mass is 16.5. The third kappa shape index (κ3) is 4.62. The Hall–Kier alpha value is -2.77. The average molecular weight is 344 g/mol. The number of anilines is 3. The molecule has 2 aromatic heterocycles. The van der Waals surface area contributed by atoms with Crippen LogP contribution in [0.1, 0.15) is 19.3 Å². The lowest BCUT2D eigenvalue weighted by atomic mass is 10.1. The fourth-order valence-corrected chi connectivity index (χ4v) is 2.88. The van der Waals surface area contributed by atoms with Crippen LogP contribution in [0.4, 0.5) is 22.1 Å². The van der Waals surface area contributed by atoms with Crippen molar-refractivity contribution in [3.63, 3.8) is 0 Å². The molecule has 2 amide bonds. The first-order valence-corrected chi connectivity index (χ1v) is 8.48. The van der Waals surface area contributed by atoms with Gasteiger partial charge in [0.25, 0.3) is 0 Å². The molecule has 0 radical (unpaired) electrons. The van der Waals surface area contributed by atoms with Gasteiger partial charge in [0.2, 0.25) is 0 Å². The molecule has 3 heterocycles. The van der Waals surface area contributed by atoms with Gasteiger partial charge in [0.15, 0.2) is 5.82 Å². The Labute approximate surface area is 147 Å². The van der Waals surface area contributed by atoms with Gasteiger partial charge in [0, 0.05) is 39.3 Å². The molecule has 2 N–H and O–H groups in total. The van der Waals surface area contributed by atoms with Crippen LogP contribution in [-0.4, -0.2) is 54.3 Å². The summed E-state index contributed by atoms with van der Waals surface area (Å²) in [5, 5.41) is 9.98. The van der Waals surface area contributed by atoms with E-state index in [-0.39, 0.29) is 6.03 Å². The molecule has 8 nitrogen and oxygen atoms in total. The molecular weight excluding hydrogens is 320 g/mol. The first-order valence-electron chi connectivity index (χ1n) is 8.48. The molecule has 1 aliphatic rings. The van der Waals surface area contributed by atoms with Crippen LogP contribution in [0.15, 0.2) is 35.2 Å². The molecule has 1 aliphatic heterocycles. The summed E-state index contributed by atoms with van der Waals surface area (Å²) in [4.78, 5) is 20.5. The smallest absolute Gasteiger partial charge is 0.323 e. The quantitative estimate of drug-likeness (QED) is 0.887. The van der Waals surface area contributed by atoms with Crippen molar-refractivity contribution in [3.8, 4) is 0 Å². The Morgan fingerprint density at radius 2 is 2.16 bits per heavy atom. The van der Waals surface area contributed by atoms with Crippen molar-refractivity contribution in [1.82, 2.24) is 15.0 Å². The fourth-order valence-electron chi connectivity index (χ4n) is 2.88. The van der Waals surface area contributed by atoms with Crippen LogP contribution in [0.5, 0.6) is 0 Å². The largest absolute Gasteiger partial charge is 0.381 e. The average Bonchev–Trinajstić information content (AvgIpc) is 2.99. The Kier molecular flexibility index (Phi) is 5.37. The SMILES string of the molecule is CN(C)c1ccc(NC2CCCN(C(=O)Nc3ccon3)CC2)cn1. The molecular formula is C17H24N6O2. The molecule has 1 saturated heterocycles. The van der Waals surface area contributed by atoms with E-state index < -0.39 is 0 Å². The van der Waals surface area contributed by atoms with Crippen molar-refractivity contribution in [1.29, 1.82) is 0 Å². The fraction of sp³-hybridized carbons (Fsp3) is 0.471. The molecule has 0 aromatic carbocycles. The number of pyridine rings is 1. The normalized spacial score (nSPS) is 17.7. The summed E-state index contributed by atoms with van der Waals surface area (Å²) < 4.78 is 4.73. The lowest BCUT2D eigenvalue weighted by molar-refractivity contribution is 0.213. The number of carbonyl (C=O) groups excluding carboxylic acids is 1. The second-order valence-corrected chi connectivity index (χ2v) is 6.37. The van der Waals surface area contributed by atoms with Crippen molar-refractivity contribution in [3.05, 3.63) is 30.7 Å². The van der Waals surface area contributed by atoms with Crippen molar-refractivity contribution in [2.45, 2.75) is 25.3 Å². The molecule has 25 heavy (non-hydrogen) atoms. The number of hydrogen-bond donors (Lipinski definition) is 2. The van der Waals surface area contributed by atoms with Crippen molar-refractivity contribution in [2.24, 2.45) is 0 Å². The number of amides is 2. The minimum atomic E-state index is -0.133. The summed E-state index contributed by atoms with van der Waals surface area (Å²) in [7, 11) is 3.94. The molecule has 0 spiro atoms. The van der Waals surface area contributed by atoms with E-state index in [9.17, 15) is 4.79 Å². The summed E-state index contributed by atoms with van der Waals surface area (Å²) in [5.74, 6) is 1.37. The summed E-state index contributed by atoms with van der Waals surface area (Å²) in [6.07, 6.45) is 6.15. The van der Waals surface area contributed by atoms with Gasteiger partial charge in [-0.2, -0.15) is 0 Å². The zero-order valence-electron chi connectivity index (χ0n) is 14.6. The molecule has 0 bridgehead atoms. The zero-order chi connectivity index (χ0) is 17.6. The number of nitrogens with zero attached hydrogens (tertiary/aromatic N) is 4. The van der Waals surface area contributed by atoms with Gasteiger partial charge in [-0.1, -0.05) is 5.16 Å². The van der Waals surface area contributed by atoms with Gasteiger partial charge in [0.1, 0.15) is 12.1 Å². The Morgan fingerprint density at radius 3 is 2.84 bits per heavy atom. The minimum Gasteiger partial charge on any atom is -0.381 e. The maximum absolute atomic E-state index is 12.3. The molecule has 8 heteroatoms. The molecule has 1 atom stereocenters. The standard InChI is InChI=1S/C17H24N6O2/c1-22(2)16-6-5-14(12-18-16)19-13-4-3-9-23(10-7-13)17(24)20-15-8-11-25-21-15/h5-6,8,11-13,19H,3-4,7,9-10H2,1-2H3,(H,20,21,24). The summed E-state index contributed by atoms with van der Waals surface area (Å²) in [5.41, 5.74) is 1.01. The van der Waals surface area contributed by atoms with Crippen LogP contribution in [0.2, 0.25) is 0 Å². The first kappa shape index (κ1) is 17.1. The maximum atomic E-state index is 12.3. The van der Waals surface area contributed by atoms with Gasteiger partial charge in [-0.15, -0.1) is 0 Å². The van der Waals surface area contributed by atoms with Gasteiger partial charge in [-0.3, -0.25) is 5.32 Å². The monoisotopic (exact) mass is 344 g/mol. The highest BCUT2D eigenvalue weighted by Gasteiger charge is 2.21. The van der Waals surface area contributed by atoms with Crippen LogP contribution in [0.25, 0.3) is 0 Å². The van der Waals surface area contributed by atoms with Crippen molar-refractivity contribution < 1.29 is 9.32 Å². The Balaban J connectivity index is 1.51. The molecule has 0 aliphatic carbocycles. The van der Waals surface area contributed by atoms with Gasteiger partial charge in [-0.25, -0.2) is 9.78 Å². The van der Waals surface area contributed by atoms with Gasteiger partial charge < -0.3 is 19.6 Å². The summed E-state index contributed by atoms with van der Waals surface area (Å²) in [6, 6.07) is 5.87. The van der Waals surface area contributed by atoms with Gasteiger partial charge in [0.05, 0.1) is 11.9 Å². The lowest BCUT2D eigenvalue weighted by Crippen LogP contribution is -2.36. The molecule has 0 saturated carbocycles. The highest BCUT2D eigenvalue weighted by Crippen LogP contribution is 2.18. The van der Waals surface area contributed by atoms with E-state index in [1.54, 1.807) is 6.07 Å². The minimum absolute atomic E-state index is 0.133. The van der Waals surface area contributed by atoms with E-state index in [1.165, 1.54) is 6.26 Å². The number of urea groups is 1. The number of hydrogen-bond acceptors (Lipinski definition) is 6. The van der Waals surface area contributed by atoms with E-state index in [0.717, 1.165) is 37.3 Å². The molecule has 134 valence electrons.